The van der Waals surface area contributed by atoms with E-state index < -0.39 is 0 Å². The molecule has 0 aliphatic carbocycles. The summed E-state index contributed by atoms with van der Waals surface area (Å²) < 4.78 is 13.4. The second kappa shape index (κ2) is 3.85. The van der Waals surface area contributed by atoms with Crippen molar-refractivity contribution in [3.8, 4) is 0 Å². The fourth-order valence-corrected chi connectivity index (χ4v) is 1.13. The summed E-state index contributed by atoms with van der Waals surface area (Å²) in [5, 5.41) is 0. The molecule has 0 saturated carbocycles. The fraction of sp³-hybridized carbons (Fsp3) is 0.100. The molecule has 63 valence electrons. The molecular weight excluding hydrogens is 219 g/mol. The number of hydrogen-bond acceptors (Lipinski definition) is 0. The predicted octanol–water partition coefficient (Wildman–Crippen LogP) is 3.69. The summed E-state index contributed by atoms with van der Waals surface area (Å²) in [7, 11) is 0. The standard InChI is InChI=1S/C10H9BrF/c1-3-7(2)8-4-5-9(11)10(12)6-8/h3-7H,1-2H2. The number of benzene rings is 1. The maximum atomic E-state index is 13.0. The molecule has 0 aliphatic rings. The van der Waals surface area contributed by atoms with Gasteiger partial charge in [-0.2, -0.15) is 0 Å². The molecule has 0 amide bonds. The largest absolute Gasteiger partial charge is 0.206 e. The van der Waals surface area contributed by atoms with Crippen LogP contribution in [0.15, 0.2) is 35.3 Å². The summed E-state index contributed by atoms with van der Waals surface area (Å²) in [5.74, 6) is -0.310. The molecule has 0 aromatic heterocycles. The first-order valence-corrected chi connectivity index (χ1v) is 4.35. The molecule has 0 bridgehead atoms. The number of allylic oxidation sites excluding steroid dienone is 1. The van der Waals surface area contributed by atoms with Crippen molar-refractivity contribution in [1.29, 1.82) is 0 Å². The van der Waals surface area contributed by atoms with Crippen LogP contribution in [-0.2, 0) is 0 Å². The van der Waals surface area contributed by atoms with Gasteiger partial charge >= 0.3 is 0 Å². The van der Waals surface area contributed by atoms with Crippen molar-refractivity contribution in [2.45, 2.75) is 5.92 Å². The van der Waals surface area contributed by atoms with Crippen LogP contribution in [0, 0.1) is 12.7 Å². The Balaban J connectivity index is 3.04. The van der Waals surface area contributed by atoms with Crippen LogP contribution in [0.2, 0.25) is 0 Å². The van der Waals surface area contributed by atoms with Gasteiger partial charge in [0.2, 0.25) is 0 Å². The normalized spacial score (nSPS) is 12.6. The lowest BCUT2D eigenvalue weighted by Crippen LogP contribution is -1.90. The van der Waals surface area contributed by atoms with Crippen LogP contribution in [0.1, 0.15) is 11.5 Å². The molecule has 1 atom stereocenters. The average molecular weight is 228 g/mol. The van der Waals surface area contributed by atoms with Gasteiger partial charge in [-0.05, 0) is 40.5 Å². The summed E-state index contributed by atoms with van der Waals surface area (Å²) in [6, 6.07) is 4.96. The van der Waals surface area contributed by atoms with Crippen molar-refractivity contribution in [3.05, 3.63) is 53.6 Å². The quantitative estimate of drug-likeness (QED) is 0.677. The highest BCUT2D eigenvalue weighted by Crippen LogP contribution is 2.21. The third-order valence-electron chi connectivity index (χ3n) is 1.66. The molecule has 12 heavy (non-hydrogen) atoms. The molecule has 1 aromatic carbocycles. The third kappa shape index (κ3) is 1.95. The van der Waals surface area contributed by atoms with Crippen LogP contribution >= 0.6 is 15.9 Å². The highest BCUT2D eigenvalue weighted by Gasteiger charge is 2.04. The minimum absolute atomic E-state index is 0.0485. The van der Waals surface area contributed by atoms with Crippen molar-refractivity contribution >= 4 is 15.9 Å². The van der Waals surface area contributed by atoms with E-state index in [9.17, 15) is 4.39 Å². The molecule has 0 nitrogen and oxygen atoms in total. The van der Waals surface area contributed by atoms with E-state index in [1.54, 1.807) is 12.1 Å². The molecule has 0 fully saturated rings. The van der Waals surface area contributed by atoms with Gasteiger partial charge in [0, 0.05) is 5.92 Å². The van der Waals surface area contributed by atoms with E-state index in [1.165, 1.54) is 6.07 Å². The molecule has 2 heteroatoms. The molecule has 1 aromatic rings. The van der Waals surface area contributed by atoms with Crippen molar-refractivity contribution < 1.29 is 4.39 Å². The maximum Gasteiger partial charge on any atom is 0.137 e. The summed E-state index contributed by atoms with van der Waals surface area (Å²) >= 11 is 3.08. The molecule has 0 saturated heterocycles. The van der Waals surface area contributed by atoms with Crippen molar-refractivity contribution in [2.24, 2.45) is 0 Å². The van der Waals surface area contributed by atoms with E-state index in [0.29, 0.717) is 4.47 Å². The Morgan fingerprint density at radius 2 is 2.17 bits per heavy atom. The zero-order valence-corrected chi connectivity index (χ0v) is 8.14. The predicted molar refractivity (Wildman–Crippen MR) is 52.4 cm³/mol. The summed E-state index contributed by atoms with van der Waals surface area (Å²) in [4.78, 5) is 0. The molecule has 0 heterocycles. The van der Waals surface area contributed by atoms with Gasteiger partial charge in [0.25, 0.3) is 0 Å². The first kappa shape index (κ1) is 9.46. The number of rotatable bonds is 2. The zero-order chi connectivity index (χ0) is 9.14. The molecule has 1 radical (unpaired) electrons. The van der Waals surface area contributed by atoms with Crippen LogP contribution in [0.4, 0.5) is 4.39 Å². The average Bonchev–Trinajstić information content (AvgIpc) is 2.08. The van der Waals surface area contributed by atoms with Crippen molar-refractivity contribution in [2.75, 3.05) is 0 Å². The minimum atomic E-state index is -0.261. The van der Waals surface area contributed by atoms with Gasteiger partial charge in [0.1, 0.15) is 5.82 Å². The Morgan fingerprint density at radius 3 is 2.67 bits per heavy atom. The van der Waals surface area contributed by atoms with Crippen LogP contribution in [-0.4, -0.2) is 0 Å². The molecule has 0 N–H and O–H groups in total. The summed E-state index contributed by atoms with van der Waals surface area (Å²) in [6.07, 6.45) is 1.68. The smallest absolute Gasteiger partial charge is 0.137 e. The minimum Gasteiger partial charge on any atom is -0.206 e. The first-order valence-electron chi connectivity index (χ1n) is 3.55. The van der Waals surface area contributed by atoms with Gasteiger partial charge in [0.05, 0.1) is 4.47 Å². The first-order chi connectivity index (χ1) is 5.65. The maximum absolute atomic E-state index is 13.0. The topological polar surface area (TPSA) is 0 Å². The van der Waals surface area contributed by atoms with Crippen LogP contribution < -0.4 is 0 Å². The third-order valence-corrected chi connectivity index (χ3v) is 2.30. The van der Waals surface area contributed by atoms with Crippen LogP contribution in [0.25, 0.3) is 0 Å². The van der Waals surface area contributed by atoms with Gasteiger partial charge in [0.15, 0.2) is 0 Å². The number of halogens is 2. The Hall–Kier alpha value is -0.630. The van der Waals surface area contributed by atoms with Crippen LogP contribution in [0.3, 0.4) is 0 Å². The molecule has 0 aliphatic heterocycles. The Kier molecular flexibility index (Phi) is 3.04. The van der Waals surface area contributed by atoms with E-state index in [0.717, 1.165) is 5.56 Å². The highest BCUT2D eigenvalue weighted by molar-refractivity contribution is 9.10. The van der Waals surface area contributed by atoms with E-state index in [-0.39, 0.29) is 11.7 Å². The van der Waals surface area contributed by atoms with E-state index in [2.05, 4.69) is 29.4 Å². The van der Waals surface area contributed by atoms with Gasteiger partial charge in [-0.25, -0.2) is 4.39 Å². The van der Waals surface area contributed by atoms with E-state index in [1.807, 2.05) is 6.07 Å². The second-order valence-electron chi connectivity index (χ2n) is 2.52. The second-order valence-corrected chi connectivity index (χ2v) is 3.37. The molecule has 0 spiro atoms. The van der Waals surface area contributed by atoms with Gasteiger partial charge in [-0.3, -0.25) is 0 Å². The van der Waals surface area contributed by atoms with Gasteiger partial charge in [-0.1, -0.05) is 12.1 Å². The van der Waals surface area contributed by atoms with E-state index >= 15 is 0 Å². The lowest BCUT2D eigenvalue weighted by atomic mass is 10.0. The highest BCUT2D eigenvalue weighted by atomic mass is 79.9. The Morgan fingerprint density at radius 1 is 1.50 bits per heavy atom. The van der Waals surface area contributed by atoms with Crippen LogP contribution in [0.5, 0.6) is 0 Å². The SMILES string of the molecule is [CH2]C(C=C)c1ccc(Br)c(F)c1. The van der Waals surface area contributed by atoms with E-state index in [4.69, 9.17) is 0 Å². The lowest BCUT2D eigenvalue weighted by molar-refractivity contribution is 0.618. The monoisotopic (exact) mass is 227 g/mol. The lowest BCUT2D eigenvalue weighted by Gasteiger charge is -2.05. The fourth-order valence-electron chi connectivity index (χ4n) is 0.879. The summed E-state index contributed by atoms with van der Waals surface area (Å²) in [6.45, 7) is 7.39. The summed E-state index contributed by atoms with van der Waals surface area (Å²) in [5.41, 5.74) is 0.839. The van der Waals surface area contributed by atoms with Gasteiger partial charge < -0.3 is 0 Å². The molecule has 1 unspecified atom stereocenters. The van der Waals surface area contributed by atoms with Crippen molar-refractivity contribution in [3.63, 3.8) is 0 Å². The Bertz CT molecular complexity index is 294. The molecular formula is C10H9BrF. The zero-order valence-electron chi connectivity index (χ0n) is 6.56. The Labute approximate surface area is 80.2 Å². The number of hydrogen-bond donors (Lipinski definition) is 0. The van der Waals surface area contributed by atoms with Crippen molar-refractivity contribution in [1.82, 2.24) is 0 Å². The van der Waals surface area contributed by atoms with Gasteiger partial charge in [-0.15, -0.1) is 6.58 Å². The molecule has 1 rings (SSSR count).